The van der Waals surface area contributed by atoms with Gasteiger partial charge in [-0.2, -0.15) is 0 Å². The fraction of sp³-hybridized carbons (Fsp3) is 0.350. The van der Waals surface area contributed by atoms with E-state index in [0.717, 1.165) is 27.4 Å². The van der Waals surface area contributed by atoms with Gasteiger partial charge in [0.15, 0.2) is 11.0 Å². The number of hydrogen-bond acceptors (Lipinski definition) is 2. The molecule has 1 aliphatic rings. The number of nitrogens with zero attached hydrogens (tertiary/aromatic N) is 2. The highest BCUT2D eigenvalue weighted by molar-refractivity contribution is 7.96. The molecule has 4 heteroatoms. The summed E-state index contributed by atoms with van der Waals surface area (Å²) in [4.78, 5) is 5.34. The van der Waals surface area contributed by atoms with Crippen molar-refractivity contribution in [2.75, 3.05) is 11.4 Å². The zero-order chi connectivity index (χ0) is 17.8. The lowest BCUT2D eigenvalue weighted by Crippen LogP contribution is -2.27. The Hall–Kier alpha value is -1.94. The summed E-state index contributed by atoms with van der Waals surface area (Å²) in [6.45, 7) is 12.8. The van der Waals surface area contributed by atoms with Crippen molar-refractivity contribution in [3.63, 3.8) is 0 Å². The molecule has 0 radical (unpaired) electrons. The van der Waals surface area contributed by atoms with Gasteiger partial charge in [-0.05, 0) is 92.6 Å². The number of hydrogen-bond donors (Lipinski definition) is 0. The highest BCUT2D eigenvalue weighted by Gasteiger charge is 2.31. The topological polar surface area (TPSA) is 33.2 Å². The maximum Gasteiger partial charge on any atom is 0.154 e. The Morgan fingerprint density at radius 1 is 0.917 bits per heavy atom. The lowest BCUT2D eigenvalue weighted by molar-refractivity contribution is 0.687. The Morgan fingerprint density at radius 3 is 2.04 bits per heavy atom. The van der Waals surface area contributed by atoms with Crippen LogP contribution in [0.5, 0.6) is 0 Å². The summed E-state index contributed by atoms with van der Waals surface area (Å²) in [6, 6.07) is 4.00. The first-order chi connectivity index (χ1) is 11.3. The second kappa shape index (κ2) is 5.85. The summed E-state index contributed by atoms with van der Waals surface area (Å²) < 4.78 is 15.0. The van der Waals surface area contributed by atoms with Crippen molar-refractivity contribution < 1.29 is 4.21 Å². The summed E-state index contributed by atoms with van der Waals surface area (Å²) >= 11 is 0. The van der Waals surface area contributed by atoms with Crippen molar-refractivity contribution in [2.24, 2.45) is 0 Å². The zero-order valence-electron chi connectivity index (χ0n) is 15.4. The van der Waals surface area contributed by atoms with Gasteiger partial charge >= 0.3 is 0 Å². The normalized spacial score (nSPS) is 17.3. The summed E-state index contributed by atoms with van der Waals surface area (Å²) in [5.41, 5.74) is 9.58. The van der Waals surface area contributed by atoms with Crippen LogP contribution in [0.15, 0.2) is 18.3 Å². The van der Waals surface area contributed by atoms with Crippen molar-refractivity contribution in [1.29, 1.82) is 0 Å². The molecular weight excluding hydrogens is 316 g/mol. The van der Waals surface area contributed by atoms with Crippen molar-refractivity contribution in [3.8, 4) is 0 Å². The van der Waals surface area contributed by atoms with Crippen LogP contribution in [0.3, 0.4) is 0 Å². The molecule has 1 aromatic heterocycles. The highest BCUT2D eigenvalue weighted by atomic mass is 32.2. The molecule has 24 heavy (non-hydrogen) atoms. The standard InChI is InChI=1S/C20H24N2OS/c1-11-12(2)14(4)18(15(5)13(11)3)19-16(6)17-9-8-10-21-20(17)22(7)24(19)23/h8-10H,1-7H3. The monoisotopic (exact) mass is 340 g/mol. The third-order valence-electron chi connectivity index (χ3n) is 5.48. The van der Waals surface area contributed by atoms with Gasteiger partial charge in [-0.3, -0.25) is 4.31 Å². The van der Waals surface area contributed by atoms with E-state index in [2.05, 4.69) is 52.6 Å². The summed E-state index contributed by atoms with van der Waals surface area (Å²) in [7, 11) is 0.596. The van der Waals surface area contributed by atoms with Gasteiger partial charge in [-0.1, -0.05) is 0 Å². The number of anilines is 1. The van der Waals surface area contributed by atoms with Crippen LogP contribution in [-0.2, 0) is 11.0 Å². The smallest absolute Gasteiger partial charge is 0.154 e. The van der Waals surface area contributed by atoms with Gasteiger partial charge in [-0.25, -0.2) is 9.19 Å². The van der Waals surface area contributed by atoms with Gasteiger partial charge in [-0.15, -0.1) is 0 Å². The van der Waals surface area contributed by atoms with Crippen molar-refractivity contribution >= 4 is 27.3 Å². The van der Waals surface area contributed by atoms with Crippen molar-refractivity contribution in [1.82, 2.24) is 4.98 Å². The molecular formula is C20H24N2OS. The molecule has 0 saturated heterocycles. The van der Waals surface area contributed by atoms with E-state index in [-0.39, 0.29) is 0 Å². The average molecular weight is 340 g/mol. The Labute approximate surface area is 147 Å². The predicted molar refractivity (Wildman–Crippen MR) is 103 cm³/mol. The quantitative estimate of drug-likeness (QED) is 0.758. The van der Waals surface area contributed by atoms with Crippen molar-refractivity contribution in [2.45, 2.75) is 41.5 Å². The van der Waals surface area contributed by atoms with Crippen LogP contribution < -0.4 is 4.31 Å². The van der Waals surface area contributed by atoms with Gasteiger partial charge in [0.2, 0.25) is 0 Å². The maximum absolute atomic E-state index is 13.3. The number of fused-ring (bicyclic) bond motifs is 1. The first kappa shape index (κ1) is 16.9. The molecule has 0 aliphatic carbocycles. The van der Waals surface area contributed by atoms with Gasteiger partial charge in [0.1, 0.15) is 5.82 Å². The van der Waals surface area contributed by atoms with Crippen molar-refractivity contribution in [3.05, 3.63) is 57.3 Å². The minimum atomic E-state index is -1.26. The summed E-state index contributed by atoms with van der Waals surface area (Å²) in [5.74, 6) is 0.785. The lowest BCUT2D eigenvalue weighted by atomic mass is 9.88. The SMILES string of the molecule is CC1=C(c2c(C)c(C)c(C)c(C)c2C)S(=O)N(C)c2ncccc21. The van der Waals surface area contributed by atoms with E-state index in [1.54, 1.807) is 10.5 Å². The van der Waals surface area contributed by atoms with Gasteiger partial charge in [0.25, 0.3) is 0 Å². The molecule has 0 spiro atoms. The third kappa shape index (κ3) is 2.24. The van der Waals surface area contributed by atoms with Crippen LogP contribution in [0.4, 0.5) is 5.82 Å². The zero-order valence-corrected chi connectivity index (χ0v) is 16.3. The molecule has 1 unspecified atom stereocenters. The molecule has 0 amide bonds. The molecule has 0 saturated carbocycles. The summed E-state index contributed by atoms with van der Waals surface area (Å²) in [6.07, 6.45) is 1.75. The lowest BCUT2D eigenvalue weighted by Gasteiger charge is -2.30. The van der Waals surface area contributed by atoms with Crippen LogP contribution in [0.2, 0.25) is 0 Å². The molecule has 0 fully saturated rings. The molecule has 0 N–H and O–H groups in total. The highest BCUT2D eigenvalue weighted by Crippen LogP contribution is 2.43. The Balaban J connectivity index is 2.41. The number of rotatable bonds is 1. The molecule has 2 heterocycles. The van der Waals surface area contributed by atoms with E-state index in [9.17, 15) is 4.21 Å². The van der Waals surface area contributed by atoms with E-state index in [0.29, 0.717) is 0 Å². The second-order valence-electron chi connectivity index (χ2n) is 6.58. The number of pyridine rings is 1. The molecule has 1 atom stereocenters. The van der Waals surface area contributed by atoms with Crippen LogP contribution in [0.25, 0.3) is 10.5 Å². The van der Waals surface area contributed by atoms with E-state index < -0.39 is 11.0 Å². The Morgan fingerprint density at radius 2 is 1.46 bits per heavy atom. The minimum absolute atomic E-state index is 0.785. The first-order valence-corrected chi connectivity index (χ1v) is 9.27. The molecule has 126 valence electrons. The first-order valence-electron chi connectivity index (χ1n) is 8.16. The number of aromatic nitrogens is 1. The fourth-order valence-electron chi connectivity index (χ4n) is 3.52. The van der Waals surface area contributed by atoms with Gasteiger partial charge < -0.3 is 0 Å². The third-order valence-corrected chi connectivity index (χ3v) is 7.01. The van der Waals surface area contributed by atoms with E-state index in [1.807, 2.05) is 13.1 Å². The van der Waals surface area contributed by atoms with Crippen LogP contribution in [-0.4, -0.2) is 16.2 Å². The summed E-state index contributed by atoms with van der Waals surface area (Å²) in [5, 5.41) is 0. The van der Waals surface area contributed by atoms with Gasteiger partial charge in [0, 0.05) is 18.8 Å². The van der Waals surface area contributed by atoms with Crippen LogP contribution in [0.1, 0.15) is 45.9 Å². The fourth-order valence-corrected chi connectivity index (χ4v) is 4.95. The predicted octanol–water partition coefficient (Wildman–Crippen LogP) is 4.63. The molecule has 3 nitrogen and oxygen atoms in total. The van der Waals surface area contributed by atoms with E-state index in [4.69, 9.17) is 0 Å². The number of benzene rings is 1. The number of allylic oxidation sites excluding steroid dienone is 1. The molecule has 3 rings (SSSR count). The second-order valence-corrected chi connectivity index (χ2v) is 8.03. The molecule has 1 aliphatic heterocycles. The molecule has 2 aromatic rings. The maximum atomic E-state index is 13.3. The van der Waals surface area contributed by atoms with Gasteiger partial charge in [0.05, 0.1) is 4.91 Å². The Kier molecular flexibility index (Phi) is 4.12. The molecule has 0 bridgehead atoms. The van der Waals surface area contributed by atoms with E-state index >= 15 is 0 Å². The largest absolute Gasteiger partial charge is 0.274 e. The minimum Gasteiger partial charge on any atom is -0.274 e. The Bertz CT molecular complexity index is 883. The van der Waals surface area contributed by atoms with Crippen LogP contribution >= 0.6 is 0 Å². The molecule has 1 aromatic carbocycles. The average Bonchev–Trinajstić information content (AvgIpc) is 2.59. The van der Waals surface area contributed by atoms with Crippen LogP contribution in [0, 0.1) is 34.6 Å². The van der Waals surface area contributed by atoms with E-state index in [1.165, 1.54) is 27.8 Å².